The molecule has 2 aromatic heterocycles. The molecule has 0 bridgehead atoms. The molecule has 0 aliphatic heterocycles. The standard InChI is InChI=1S/C16H17N5O/c1-2-22-12-8-6-11(7-9-12)19-15-13-4-3-5-14(13)20-16-17-10-18-21(15)16/h6-10,19H,2-5H2,1H3. The minimum absolute atomic E-state index is 0.647. The second-order valence-electron chi connectivity index (χ2n) is 5.29. The van der Waals surface area contributed by atoms with Crippen LogP contribution in [0.1, 0.15) is 24.6 Å². The predicted molar refractivity (Wildman–Crippen MR) is 83.7 cm³/mol. The summed E-state index contributed by atoms with van der Waals surface area (Å²) in [6.07, 6.45) is 4.71. The molecule has 6 nitrogen and oxygen atoms in total. The number of benzene rings is 1. The van der Waals surface area contributed by atoms with Crippen molar-refractivity contribution in [2.24, 2.45) is 0 Å². The van der Waals surface area contributed by atoms with Crippen LogP contribution in [0.15, 0.2) is 30.6 Å². The molecule has 0 saturated carbocycles. The summed E-state index contributed by atoms with van der Waals surface area (Å²) in [6.45, 7) is 2.65. The van der Waals surface area contributed by atoms with Crippen molar-refractivity contribution in [1.29, 1.82) is 0 Å². The highest BCUT2D eigenvalue weighted by Crippen LogP contribution is 2.30. The molecule has 1 aromatic carbocycles. The molecule has 0 fully saturated rings. The van der Waals surface area contributed by atoms with Crippen LogP contribution in [-0.4, -0.2) is 26.2 Å². The molecule has 2 heterocycles. The molecule has 22 heavy (non-hydrogen) atoms. The number of nitrogens with one attached hydrogen (secondary N) is 1. The molecule has 4 rings (SSSR count). The number of fused-ring (bicyclic) bond motifs is 2. The lowest BCUT2D eigenvalue weighted by molar-refractivity contribution is 0.340. The summed E-state index contributed by atoms with van der Waals surface area (Å²) in [6, 6.07) is 7.95. The number of aryl methyl sites for hydroxylation is 1. The quantitative estimate of drug-likeness (QED) is 0.802. The van der Waals surface area contributed by atoms with Crippen molar-refractivity contribution in [2.45, 2.75) is 26.2 Å². The van der Waals surface area contributed by atoms with Crippen LogP contribution in [0, 0.1) is 0 Å². The van der Waals surface area contributed by atoms with Gasteiger partial charge in [-0.15, -0.1) is 0 Å². The maximum Gasteiger partial charge on any atom is 0.254 e. The molecule has 1 N–H and O–H groups in total. The monoisotopic (exact) mass is 295 g/mol. The smallest absolute Gasteiger partial charge is 0.254 e. The number of hydrogen-bond donors (Lipinski definition) is 1. The molecule has 0 radical (unpaired) electrons. The van der Waals surface area contributed by atoms with E-state index in [1.165, 1.54) is 5.56 Å². The molecule has 112 valence electrons. The third-order valence-electron chi connectivity index (χ3n) is 3.88. The van der Waals surface area contributed by atoms with E-state index in [9.17, 15) is 0 Å². The van der Waals surface area contributed by atoms with E-state index in [1.54, 1.807) is 10.8 Å². The van der Waals surface area contributed by atoms with Gasteiger partial charge in [0.25, 0.3) is 5.78 Å². The number of aromatic nitrogens is 4. The predicted octanol–water partition coefficient (Wildman–Crippen LogP) is 2.76. The average molecular weight is 295 g/mol. The molecule has 0 saturated heterocycles. The maximum atomic E-state index is 5.48. The minimum atomic E-state index is 0.647. The van der Waals surface area contributed by atoms with Gasteiger partial charge in [-0.2, -0.15) is 14.6 Å². The van der Waals surface area contributed by atoms with Gasteiger partial charge in [0.05, 0.1) is 12.3 Å². The van der Waals surface area contributed by atoms with E-state index in [-0.39, 0.29) is 0 Å². The van der Waals surface area contributed by atoms with Crippen LogP contribution in [0.25, 0.3) is 5.78 Å². The molecule has 6 heteroatoms. The lowest BCUT2D eigenvalue weighted by atomic mass is 10.2. The SMILES string of the molecule is CCOc1ccc(Nc2c3c(nc4ncnn24)CCC3)cc1. The Morgan fingerprint density at radius 3 is 2.91 bits per heavy atom. The first-order valence-electron chi connectivity index (χ1n) is 7.56. The molecule has 3 aromatic rings. The Bertz CT molecular complexity index is 809. The summed E-state index contributed by atoms with van der Waals surface area (Å²) in [7, 11) is 0. The Hall–Kier alpha value is -2.63. The van der Waals surface area contributed by atoms with Crippen molar-refractivity contribution < 1.29 is 4.74 Å². The molecule has 1 aliphatic carbocycles. The average Bonchev–Trinajstić information content (AvgIpc) is 3.17. The molecule has 1 aliphatic rings. The van der Waals surface area contributed by atoms with Gasteiger partial charge < -0.3 is 10.1 Å². The van der Waals surface area contributed by atoms with Crippen molar-refractivity contribution in [2.75, 3.05) is 11.9 Å². The van der Waals surface area contributed by atoms with Gasteiger partial charge in [0.2, 0.25) is 0 Å². The van der Waals surface area contributed by atoms with E-state index < -0.39 is 0 Å². The largest absolute Gasteiger partial charge is 0.494 e. The maximum absolute atomic E-state index is 5.48. The van der Waals surface area contributed by atoms with E-state index >= 15 is 0 Å². The summed E-state index contributed by atoms with van der Waals surface area (Å²) in [5, 5.41) is 7.76. The highest BCUT2D eigenvalue weighted by molar-refractivity contribution is 5.64. The minimum Gasteiger partial charge on any atom is -0.494 e. The van der Waals surface area contributed by atoms with Crippen molar-refractivity contribution in [3.63, 3.8) is 0 Å². The first-order valence-corrected chi connectivity index (χ1v) is 7.56. The summed E-state index contributed by atoms with van der Waals surface area (Å²) >= 11 is 0. The van der Waals surface area contributed by atoms with Crippen LogP contribution in [0.4, 0.5) is 11.5 Å². The van der Waals surface area contributed by atoms with Crippen LogP contribution >= 0.6 is 0 Å². The van der Waals surface area contributed by atoms with E-state index in [2.05, 4.69) is 20.4 Å². The van der Waals surface area contributed by atoms with Crippen LogP contribution in [-0.2, 0) is 12.8 Å². The Morgan fingerprint density at radius 2 is 2.09 bits per heavy atom. The fourth-order valence-corrected chi connectivity index (χ4v) is 2.89. The molecule has 0 spiro atoms. The summed E-state index contributed by atoms with van der Waals surface area (Å²) in [5.41, 5.74) is 3.38. The van der Waals surface area contributed by atoms with Crippen molar-refractivity contribution in [3.05, 3.63) is 41.9 Å². The van der Waals surface area contributed by atoms with Crippen LogP contribution in [0.3, 0.4) is 0 Å². The molecular formula is C16H17N5O. The Labute approximate surface area is 128 Å². The second kappa shape index (κ2) is 5.29. The number of rotatable bonds is 4. The van der Waals surface area contributed by atoms with Crippen molar-refractivity contribution >= 4 is 17.3 Å². The third kappa shape index (κ3) is 2.16. The van der Waals surface area contributed by atoms with Crippen molar-refractivity contribution in [3.8, 4) is 5.75 Å². The van der Waals surface area contributed by atoms with Gasteiger partial charge in [-0.3, -0.25) is 0 Å². The zero-order valence-corrected chi connectivity index (χ0v) is 12.4. The highest BCUT2D eigenvalue weighted by atomic mass is 16.5. The lowest BCUT2D eigenvalue weighted by Crippen LogP contribution is -2.06. The van der Waals surface area contributed by atoms with E-state index in [0.29, 0.717) is 12.4 Å². The van der Waals surface area contributed by atoms with E-state index in [0.717, 1.165) is 42.2 Å². The first-order chi connectivity index (χ1) is 10.8. The van der Waals surface area contributed by atoms with Gasteiger partial charge in [-0.25, -0.2) is 4.98 Å². The van der Waals surface area contributed by atoms with Crippen LogP contribution in [0.2, 0.25) is 0 Å². The third-order valence-corrected chi connectivity index (χ3v) is 3.88. The van der Waals surface area contributed by atoms with Gasteiger partial charge in [0, 0.05) is 11.3 Å². The van der Waals surface area contributed by atoms with Gasteiger partial charge in [-0.05, 0) is 50.5 Å². The number of nitrogens with zero attached hydrogens (tertiary/aromatic N) is 4. The first kappa shape index (κ1) is 13.1. The van der Waals surface area contributed by atoms with Gasteiger partial charge in [0.1, 0.15) is 17.9 Å². The Morgan fingerprint density at radius 1 is 1.23 bits per heavy atom. The van der Waals surface area contributed by atoms with E-state index in [1.807, 2.05) is 31.2 Å². The molecule has 0 amide bonds. The summed E-state index contributed by atoms with van der Waals surface area (Å²) in [5.74, 6) is 2.49. The molecule has 0 atom stereocenters. The highest BCUT2D eigenvalue weighted by Gasteiger charge is 2.21. The van der Waals surface area contributed by atoms with Gasteiger partial charge in [0.15, 0.2) is 0 Å². The number of hydrogen-bond acceptors (Lipinski definition) is 5. The van der Waals surface area contributed by atoms with Crippen LogP contribution < -0.4 is 10.1 Å². The fraction of sp³-hybridized carbons (Fsp3) is 0.312. The zero-order valence-electron chi connectivity index (χ0n) is 12.4. The Balaban J connectivity index is 1.73. The topological polar surface area (TPSA) is 64.3 Å². The van der Waals surface area contributed by atoms with Gasteiger partial charge in [-0.1, -0.05) is 0 Å². The summed E-state index contributed by atoms with van der Waals surface area (Å²) < 4.78 is 7.26. The van der Waals surface area contributed by atoms with Gasteiger partial charge >= 0.3 is 0 Å². The second-order valence-corrected chi connectivity index (χ2v) is 5.29. The number of anilines is 2. The van der Waals surface area contributed by atoms with Crippen LogP contribution in [0.5, 0.6) is 5.75 Å². The fourth-order valence-electron chi connectivity index (χ4n) is 2.89. The number of ether oxygens (including phenoxy) is 1. The Kier molecular flexibility index (Phi) is 3.14. The van der Waals surface area contributed by atoms with Crippen molar-refractivity contribution in [1.82, 2.24) is 19.6 Å². The van der Waals surface area contributed by atoms with E-state index in [4.69, 9.17) is 4.74 Å². The normalized spacial score (nSPS) is 13.3. The summed E-state index contributed by atoms with van der Waals surface area (Å²) in [4.78, 5) is 8.80. The zero-order chi connectivity index (χ0) is 14.9. The molecule has 0 unspecified atom stereocenters. The molecular weight excluding hydrogens is 278 g/mol. The lowest BCUT2D eigenvalue weighted by Gasteiger charge is -2.13.